The summed E-state index contributed by atoms with van der Waals surface area (Å²) in [5, 5.41) is 9.36. The molecule has 0 unspecified atom stereocenters. The number of carbonyl (C=O) groups excluding carboxylic acids is 5. The zero-order valence-electron chi connectivity index (χ0n) is 13.4. The molecule has 2 atom stereocenters. The van der Waals surface area contributed by atoms with Crippen LogP contribution in [-0.2, 0) is 24.0 Å². The second-order valence-electron chi connectivity index (χ2n) is 4.83. The van der Waals surface area contributed by atoms with Crippen molar-refractivity contribution in [3.63, 3.8) is 0 Å². The Balaban J connectivity index is 4.14. The first-order valence-corrected chi connectivity index (χ1v) is 7.09. The highest BCUT2D eigenvalue weighted by Gasteiger charge is 2.18. The van der Waals surface area contributed by atoms with Crippen molar-refractivity contribution in [2.45, 2.75) is 39.3 Å². The van der Waals surface area contributed by atoms with Crippen LogP contribution in [0, 0.1) is 0 Å². The zero-order valence-corrected chi connectivity index (χ0v) is 13.4. The second kappa shape index (κ2) is 10.1. The Morgan fingerprint density at radius 3 is 1.70 bits per heavy atom. The van der Waals surface area contributed by atoms with E-state index in [4.69, 9.17) is 5.73 Å². The molecule has 23 heavy (non-hydrogen) atoms. The predicted molar refractivity (Wildman–Crippen MR) is 80.7 cm³/mol. The standard InChI is InChI=1S/C13H23N5O5/c1-4-10(20)17-7(2)13(23)16-6-11(21)18-8(3)12(22)15-5-9(14)19/h7-8H,4-6H2,1-3H3,(H2,14,19)(H,15,22)(H,16,23)(H,17,20)(H,18,21)/t7-,8-/m0/s1. The van der Waals surface area contributed by atoms with Crippen molar-refractivity contribution in [3.8, 4) is 0 Å². The van der Waals surface area contributed by atoms with Gasteiger partial charge in [0.05, 0.1) is 13.1 Å². The number of rotatable bonds is 9. The van der Waals surface area contributed by atoms with Crippen molar-refractivity contribution in [1.82, 2.24) is 21.3 Å². The molecule has 10 nitrogen and oxygen atoms in total. The lowest BCUT2D eigenvalue weighted by Gasteiger charge is -2.15. The number of hydrogen-bond donors (Lipinski definition) is 5. The fourth-order valence-corrected chi connectivity index (χ4v) is 1.41. The third-order valence-electron chi connectivity index (χ3n) is 2.72. The summed E-state index contributed by atoms with van der Waals surface area (Å²) in [7, 11) is 0. The van der Waals surface area contributed by atoms with Crippen LogP contribution in [0.3, 0.4) is 0 Å². The molecule has 130 valence electrons. The summed E-state index contributed by atoms with van der Waals surface area (Å²) in [6.07, 6.45) is 0.246. The van der Waals surface area contributed by atoms with Crippen LogP contribution in [0.15, 0.2) is 0 Å². The highest BCUT2D eigenvalue weighted by molar-refractivity contribution is 5.93. The SMILES string of the molecule is CCC(=O)N[C@@H](C)C(=O)NCC(=O)N[C@@H](C)C(=O)NCC(N)=O. The molecule has 0 aromatic carbocycles. The van der Waals surface area contributed by atoms with Crippen LogP contribution in [0.1, 0.15) is 27.2 Å². The van der Waals surface area contributed by atoms with Crippen molar-refractivity contribution in [3.05, 3.63) is 0 Å². The van der Waals surface area contributed by atoms with E-state index in [0.717, 1.165) is 0 Å². The number of carbonyl (C=O) groups is 5. The molecule has 0 spiro atoms. The zero-order chi connectivity index (χ0) is 18.0. The largest absolute Gasteiger partial charge is 0.368 e. The fraction of sp³-hybridized carbons (Fsp3) is 0.615. The van der Waals surface area contributed by atoms with Crippen LogP contribution in [0.2, 0.25) is 0 Å². The second-order valence-corrected chi connectivity index (χ2v) is 4.83. The molecule has 0 rings (SSSR count). The van der Waals surface area contributed by atoms with E-state index in [1.165, 1.54) is 13.8 Å². The molecular weight excluding hydrogens is 306 g/mol. The Morgan fingerprint density at radius 2 is 1.26 bits per heavy atom. The average Bonchev–Trinajstić information content (AvgIpc) is 2.49. The van der Waals surface area contributed by atoms with Crippen molar-refractivity contribution < 1.29 is 24.0 Å². The number of nitrogens with two attached hydrogens (primary N) is 1. The minimum absolute atomic E-state index is 0.246. The van der Waals surface area contributed by atoms with E-state index in [-0.39, 0.29) is 25.4 Å². The van der Waals surface area contributed by atoms with Gasteiger partial charge in [-0.15, -0.1) is 0 Å². The third kappa shape index (κ3) is 9.06. The van der Waals surface area contributed by atoms with Gasteiger partial charge in [-0.25, -0.2) is 0 Å². The van der Waals surface area contributed by atoms with E-state index in [0.29, 0.717) is 0 Å². The molecular formula is C13H23N5O5. The monoisotopic (exact) mass is 329 g/mol. The van der Waals surface area contributed by atoms with Crippen molar-refractivity contribution in [1.29, 1.82) is 0 Å². The number of primary amides is 1. The first-order chi connectivity index (χ1) is 10.7. The third-order valence-corrected chi connectivity index (χ3v) is 2.72. The fourth-order valence-electron chi connectivity index (χ4n) is 1.41. The summed E-state index contributed by atoms with van der Waals surface area (Å²) >= 11 is 0. The van der Waals surface area contributed by atoms with Gasteiger partial charge in [-0.2, -0.15) is 0 Å². The first kappa shape index (κ1) is 20.3. The van der Waals surface area contributed by atoms with Crippen LogP contribution in [-0.4, -0.2) is 54.7 Å². The molecule has 0 fully saturated rings. The lowest BCUT2D eigenvalue weighted by molar-refractivity contribution is -0.131. The number of amides is 5. The normalized spacial score (nSPS) is 12.5. The van der Waals surface area contributed by atoms with Crippen LogP contribution in [0.4, 0.5) is 0 Å². The molecule has 0 aromatic rings. The lowest BCUT2D eigenvalue weighted by Crippen LogP contribution is -2.51. The maximum absolute atomic E-state index is 11.7. The van der Waals surface area contributed by atoms with Crippen molar-refractivity contribution in [2.24, 2.45) is 5.73 Å². The predicted octanol–water partition coefficient (Wildman–Crippen LogP) is -2.88. The van der Waals surface area contributed by atoms with E-state index in [1.54, 1.807) is 6.92 Å². The topological polar surface area (TPSA) is 159 Å². The molecule has 0 aromatic heterocycles. The van der Waals surface area contributed by atoms with Gasteiger partial charge in [0.2, 0.25) is 29.5 Å². The molecule has 6 N–H and O–H groups in total. The number of nitrogens with one attached hydrogen (secondary N) is 4. The molecule has 0 radical (unpaired) electrons. The van der Waals surface area contributed by atoms with Gasteiger partial charge in [-0.1, -0.05) is 6.92 Å². The summed E-state index contributed by atoms with van der Waals surface area (Å²) < 4.78 is 0. The Labute approximate surface area is 133 Å². The van der Waals surface area contributed by atoms with Crippen LogP contribution >= 0.6 is 0 Å². The lowest BCUT2D eigenvalue weighted by atomic mass is 10.3. The van der Waals surface area contributed by atoms with Gasteiger partial charge >= 0.3 is 0 Å². The molecule has 10 heteroatoms. The summed E-state index contributed by atoms with van der Waals surface area (Å²) in [4.78, 5) is 56.5. The first-order valence-electron chi connectivity index (χ1n) is 7.09. The van der Waals surface area contributed by atoms with Crippen molar-refractivity contribution in [2.75, 3.05) is 13.1 Å². The van der Waals surface area contributed by atoms with Gasteiger partial charge in [0, 0.05) is 6.42 Å². The maximum atomic E-state index is 11.7. The Bertz CT molecular complexity index is 479. The summed E-state index contributed by atoms with van der Waals surface area (Å²) in [5.74, 6) is -2.67. The van der Waals surface area contributed by atoms with E-state index in [1.807, 2.05) is 0 Å². The Hall–Kier alpha value is -2.65. The van der Waals surface area contributed by atoms with Crippen LogP contribution < -0.4 is 27.0 Å². The minimum Gasteiger partial charge on any atom is -0.368 e. The highest BCUT2D eigenvalue weighted by atomic mass is 16.2. The van der Waals surface area contributed by atoms with E-state index < -0.39 is 35.7 Å². The summed E-state index contributed by atoms with van der Waals surface area (Å²) in [6.45, 7) is 3.88. The van der Waals surface area contributed by atoms with Gasteiger partial charge in [0.25, 0.3) is 0 Å². The Morgan fingerprint density at radius 1 is 0.826 bits per heavy atom. The molecule has 0 saturated carbocycles. The van der Waals surface area contributed by atoms with E-state index in [2.05, 4.69) is 21.3 Å². The quantitative estimate of drug-likeness (QED) is 0.307. The van der Waals surface area contributed by atoms with Gasteiger partial charge in [-0.05, 0) is 13.8 Å². The molecule has 0 aliphatic rings. The van der Waals surface area contributed by atoms with Crippen LogP contribution in [0.5, 0.6) is 0 Å². The molecule has 5 amide bonds. The Kier molecular flexibility index (Phi) is 8.97. The summed E-state index contributed by atoms with van der Waals surface area (Å²) in [5.41, 5.74) is 4.88. The number of hydrogen-bond acceptors (Lipinski definition) is 5. The molecule has 0 aliphatic carbocycles. The molecule has 0 saturated heterocycles. The van der Waals surface area contributed by atoms with Gasteiger partial charge in [-0.3, -0.25) is 24.0 Å². The molecule has 0 bridgehead atoms. The maximum Gasteiger partial charge on any atom is 0.242 e. The smallest absolute Gasteiger partial charge is 0.242 e. The van der Waals surface area contributed by atoms with E-state index in [9.17, 15) is 24.0 Å². The summed E-state index contributed by atoms with van der Waals surface area (Å²) in [6, 6.07) is -1.66. The average molecular weight is 329 g/mol. The van der Waals surface area contributed by atoms with Crippen LogP contribution in [0.25, 0.3) is 0 Å². The van der Waals surface area contributed by atoms with Gasteiger partial charge in [0.15, 0.2) is 0 Å². The molecule has 0 aliphatic heterocycles. The van der Waals surface area contributed by atoms with E-state index >= 15 is 0 Å². The highest BCUT2D eigenvalue weighted by Crippen LogP contribution is 1.86. The minimum atomic E-state index is -0.893. The van der Waals surface area contributed by atoms with Crippen molar-refractivity contribution >= 4 is 29.5 Å². The molecule has 0 heterocycles. The van der Waals surface area contributed by atoms with Gasteiger partial charge in [0.1, 0.15) is 12.1 Å². The van der Waals surface area contributed by atoms with Gasteiger partial charge < -0.3 is 27.0 Å².